The molecule has 0 aromatic heterocycles. The lowest BCUT2D eigenvalue weighted by Crippen LogP contribution is -2.03. The molecule has 0 N–H and O–H groups in total. The van der Waals surface area contributed by atoms with Gasteiger partial charge in [-0.1, -0.05) is 18.2 Å². The van der Waals surface area contributed by atoms with Crippen LogP contribution in [0.5, 0.6) is 5.75 Å². The van der Waals surface area contributed by atoms with Crippen LogP contribution < -0.4 is 4.74 Å². The van der Waals surface area contributed by atoms with E-state index in [0.717, 1.165) is 16.9 Å². The van der Waals surface area contributed by atoms with Crippen LogP contribution in [0.25, 0.3) is 11.1 Å². The number of benzene rings is 1. The second-order valence-electron chi connectivity index (χ2n) is 4.20. The SMILES string of the molecule is COc1ccc(C(=O)c2occc3cccc2-3)cc1. The highest BCUT2D eigenvalue weighted by Crippen LogP contribution is 2.28. The standard InChI is InChI=1S/C16H12O3/c1-18-13-7-5-12(6-8-13)15(17)16-14-4-2-3-11(14)9-10-19-16/h2-10H,1H3. The maximum atomic E-state index is 12.4. The Balaban J connectivity index is 2.01. The Morgan fingerprint density at radius 1 is 1.05 bits per heavy atom. The summed E-state index contributed by atoms with van der Waals surface area (Å²) in [6.45, 7) is 0. The normalized spacial score (nSPS) is 10.6. The van der Waals surface area contributed by atoms with E-state index in [-0.39, 0.29) is 5.78 Å². The topological polar surface area (TPSA) is 39.4 Å². The van der Waals surface area contributed by atoms with E-state index < -0.39 is 0 Å². The monoisotopic (exact) mass is 252 g/mol. The molecular formula is C16H12O3. The largest absolute Gasteiger partial charge is 0.497 e. The van der Waals surface area contributed by atoms with E-state index in [1.165, 1.54) is 0 Å². The molecule has 1 aromatic carbocycles. The summed E-state index contributed by atoms with van der Waals surface area (Å²) in [4.78, 5) is 12.4. The van der Waals surface area contributed by atoms with Crippen LogP contribution in [0.4, 0.5) is 0 Å². The summed E-state index contributed by atoms with van der Waals surface area (Å²) in [6.07, 6.45) is 1.54. The molecule has 0 fully saturated rings. The van der Waals surface area contributed by atoms with Crippen molar-refractivity contribution < 1.29 is 13.9 Å². The molecule has 0 spiro atoms. The molecule has 19 heavy (non-hydrogen) atoms. The van der Waals surface area contributed by atoms with Gasteiger partial charge in [0.05, 0.1) is 13.4 Å². The van der Waals surface area contributed by atoms with Crippen molar-refractivity contribution in [2.75, 3.05) is 7.11 Å². The second-order valence-corrected chi connectivity index (χ2v) is 4.20. The highest BCUT2D eigenvalue weighted by atomic mass is 16.5. The van der Waals surface area contributed by atoms with E-state index in [0.29, 0.717) is 11.3 Å². The van der Waals surface area contributed by atoms with Crippen LogP contribution in [0.3, 0.4) is 0 Å². The van der Waals surface area contributed by atoms with Crippen molar-refractivity contribution in [3.8, 4) is 16.9 Å². The summed E-state index contributed by atoms with van der Waals surface area (Å²) in [5, 5.41) is 0. The smallest absolute Gasteiger partial charge is 0.228 e. The minimum atomic E-state index is -0.126. The average molecular weight is 252 g/mol. The van der Waals surface area contributed by atoms with Crippen LogP contribution in [-0.2, 0) is 0 Å². The number of rotatable bonds is 3. The highest BCUT2D eigenvalue weighted by molar-refractivity contribution is 6.11. The first-order valence-corrected chi connectivity index (χ1v) is 5.94. The number of carbonyl (C=O) groups is 1. The van der Waals surface area contributed by atoms with E-state index in [2.05, 4.69) is 0 Å². The summed E-state index contributed by atoms with van der Waals surface area (Å²) in [5.74, 6) is 0.965. The molecule has 1 heterocycles. The fourth-order valence-electron chi connectivity index (χ4n) is 2.07. The molecule has 3 nitrogen and oxygen atoms in total. The summed E-state index contributed by atoms with van der Waals surface area (Å²) in [7, 11) is 1.59. The third-order valence-corrected chi connectivity index (χ3v) is 3.09. The number of ketones is 1. The van der Waals surface area contributed by atoms with Gasteiger partial charge >= 0.3 is 0 Å². The van der Waals surface area contributed by atoms with Crippen molar-refractivity contribution in [3.05, 3.63) is 66.1 Å². The van der Waals surface area contributed by atoms with Crippen molar-refractivity contribution >= 4 is 5.78 Å². The van der Waals surface area contributed by atoms with Crippen LogP contribution in [0.2, 0.25) is 0 Å². The van der Waals surface area contributed by atoms with Gasteiger partial charge in [-0.15, -0.1) is 0 Å². The van der Waals surface area contributed by atoms with E-state index in [1.807, 2.05) is 24.3 Å². The van der Waals surface area contributed by atoms with Gasteiger partial charge in [0.2, 0.25) is 5.78 Å². The fourth-order valence-corrected chi connectivity index (χ4v) is 2.07. The van der Waals surface area contributed by atoms with E-state index in [9.17, 15) is 4.79 Å². The highest BCUT2D eigenvalue weighted by Gasteiger charge is 2.18. The fraction of sp³-hybridized carbons (Fsp3) is 0.0625. The Labute approximate surface area is 110 Å². The maximum Gasteiger partial charge on any atom is 0.228 e. The van der Waals surface area contributed by atoms with Crippen LogP contribution in [0.1, 0.15) is 16.1 Å². The van der Waals surface area contributed by atoms with Gasteiger partial charge in [0.1, 0.15) is 5.75 Å². The maximum absolute atomic E-state index is 12.4. The predicted molar refractivity (Wildman–Crippen MR) is 71.8 cm³/mol. The molecule has 0 bridgehead atoms. The van der Waals surface area contributed by atoms with E-state index in [1.54, 1.807) is 37.6 Å². The molecule has 1 aliphatic carbocycles. The first-order chi connectivity index (χ1) is 9.29. The van der Waals surface area contributed by atoms with Gasteiger partial charge in [0.25, 0.3) is 0 Å². The summed E-state index contributed by atoms with van der Waals surface area (Å²) >= 11 is 0. The molecule has 0 amide bonds. The molecule has 0 saturated heterocycles. The number of hydrogen-bond acceptors (Lipinski definition) is 3. The Bertz CT molecular complexity index is 679. The van der Waals surface area contributed by atoms with Gasteiger partial charge in [0, 0.05) is 11.1 Å². The zero-order valence-corrected chi connectivity index (χ0v) is 10.4. The molecule has 1 aliphatic heterocycles. The number of hydrogen-bond donors (Lipinski definition) is 0. The lowest BCUT2D eigenvalue weighted by molar-refractivity contribution is 0.101. The van der Waals surface area contributed by atoms with Crippen molar-refractivity contribution in [3.63, 3.8) is 0 Å². The van der Waals surface area contributed by atoms with Gasteiger partial charge in [-0.3, -0.25) is 4.79 Å². The van der Waals surface area contributed by atoms with Crippen molar-refractivity contribution in [1.82, 2.24) is 0 Å². The number of fused-ring (bicyclic) bond motifs is 1. The van der Waals surface area contributed by atoms with Crippen molar-refractivity contribution in [2.24, 2.45) is 0 Å². The minimum absolute atomic E-state index is 0.126. The van der Waals surface area contributed by atoms with Gasteiger partial charge < -0.3 is 9.15 Å². The molecule has 3 rings (SSSR count). The van der Waals surface area contributed by atoms with Gasteiger partial charge in [0.15, 0.2) is 5.76 Å². The Morgan fingerprint density at radius 2 is 1.84 bits per heavy atom. The Hall–Kier alpha value is -2.55. The predicted octanol–water partition coefficient (Wildman–Crippen LogP) is 3.62. The molecule has 3 heteroatoms. The quantitative estimate of drug-likeness (QED) is 0.668. The average Bonchev–Trinajstić information content (AvgIpc) is 2.95. The zero-order chi connectivity index (χ0) is 13.2. The molecule has 1 aromatic rings. The molecule has 0 saturated carbocycles. The number of carbonyl (C=O) groups excluding carboxylic acids is 1. The third kappa shape index (κ3) is 1.99. The first kappa shape index (κ1) is 11.5. The van der Waals surface area contributed by atoms with Crippen molar-refractivity contribution in [2.45, 2.75) is 0 Å². The molecule has 0 radical (unpaired) electrons. The molecule has 0 unspecified atom stereocenters. The van der Waals surface area contributed by atoms with Gasteiger partial charge in [-0.2, -0.15) is 0 Å². The summed E-state index contributed by atoms with van der Waals surface area (Å²) in [5.41, 5.74) is 2.42. The second kappa shape index (κ2) is 4.61. The van der Waals surface area contributed by atoms with Gasteiger partial charge in [-0.05, 0) is 35.9 Å². The minimum Gasteiger partial charge on any atom is -0.497 e. The lowest BCUT2D eigenvalue weighted by atomic mass is 10.0. The Morgan fingerprint density at radius 3 is 2.58 bits per heavy atom. The number of ether oxygens (including phenoxy) is 1. The van der Waals surface area contributed by atoms with Crippen LogP contribution in [0, 0.1) is 0 Å². The first-order valence-electron chi connectivity index (χ1n) is 5.94. The molecule has 0 atom stereocenters. The molecule has 94 valence electrons. The molecular weight excluding hydrogens is 240 g/mol. The van der Waals surface area contributed by atoms with Crippen LogP contribution in [0.15, 0.2) is 59.2 Å². The Kier molecular flexibility index (Phi) is 2.80. The third-order valence-electron chi connectivity index (χ3n) is 3.09. The van der Waals surface area contributed by atoms with Crippen molar-refractivity contribution in [1.29, 1.82) is 0 Å². The zero-order valence-electron chi connectivity index (χ0n) is 10.4. The van der Waals surface area contributed by atoms with E-state index in [4.69, 9.17) is 9.15 Å². The summed E-state index contributed by atoms with van der Waals surface area (Å²) in [6, 6.07) is 14.6. The van der Waals surface area contributed by atoms with E-state index >= 15 is 0 Å². The molecule has 2 aliphatic rings. The number of methoxy groups -OCH3 is 1. The van der Waals surface area contributed by atoms with Crippen LogP contribution in [-0.4, -0.2) is 12.9 Å². The lowest BCUT2D eigenvalue weighted by Gasteiger charge is -2.06. The van der Waals surface area contributed by atoms with Crippen LogP contribution >= 0.6 is 0 Å². The van der Waals surface area contributed by atoms with Gasteiger partial charge in [-0.25, -0.2) is 0 Å². The summed E-state index contributed by atoms with van der Waals surface area (Å²) < 4.78 is 10.5.